The lowest BCUT2D eigenvalue weighted by Crippen LogP contribution is -2.13. The average molecular weight is 305 g/mol. The van der Waals surface area contributed by atoms with Crippen molar-refractivity contribution in [2.75, 3.05) is 0 Å². The standard InChI is InChI=1S/C13H15N5O4/c1-8-10(17-13(14)15-7-19)6-9-4-2-3-5-11(12(9)16-8)22-18(20)21/h6,11H,2-5H2,1H3,(H2,14,17). The Morgan fingerprint density at radius 3 is 3.05 bits per heavy atom. The van der Waals surface area contributed by atoms with Gasteiger partial charge in [0.2, 0.25) is 12.0 Å². The van der Waals surface area contributed by atoms with E-state index in [-0.39, 0.29) is 5.96 Å². The molecule has 0 fully saturated rings. The summed E-state index contributed by atoms with van der Waals surface area (Å²) in [7, 11) is 0. The highest BCUT2D eigenvalue weighted by Crippen LogP contribution is 2.33. The van der Waals surface area contributed by atoms with Crippen LogP contribution in [0, 0.1) is 17.0 Å². The van der Waals surface area contributed by atoms with E-state index < -0.39 is 11.2 Å². The fourth-order valence-corrected chi connectivity index (χ4v) is 2.43. The van der Waals surface area contributed by atoms with E-state index in [1.165, 1.54) is 6.08 Å². The molecule has 9 heteroatoms. The summed E-state index contributed by atoms with van der Waals surface area (Å²) in [5.41, 5.74) is 7.85. The Hall–Kier alpha value is -2.80. The van der Waals surface area contributed by atoms with Crippen molar-refractivity contribution in [2.24, 2.45) is 15.7 Å². The van der Waals surface area contributed by atoms with Crippen molar-refractivity contribution in [3.8, 4) is 0 Å². The molecule has 1 aromatic rings. The number of aliphatic imine (C=N–C) groups is 2. The number of fused-ring (bicyclic) bond motifs is 1. The van der Waals surface area contributed by atoms with Gasteiger partial charge in [-0.15, -0.1) is 15.1 Å². The molecule has 0 saturated heterocycles. The fourth-order valence-electron chi connectivity index (χ4n) is 2.43. The molecule has 2 rings (SSSR count). The summed E-state index contributed by atoms with van der Waals surface area (Å²) in [6.45, 7) is 1.70. The minimum Gasteiger partial charge on any atom is -0.367 e. The lowest BCUT2D eigenvalue weighted by Gasteiger charge is -2.16. The molecule has 0 bridgehead atoms. The van der Waals surface area contributed by atoms with Crippen LogP contribution in [-0.2, 0) is 16.1 Å². The third kappa shape index (κ3) is 3.64. The predicted molar refractivity (Wildman–Crippen MR) is 76.8 cm³/mol. The molecule has 9 nitrogen and oxygen atoms in total. The Morgan fingerprint density at radius 2 is 2.36 bits per heavy atom. The van der Waals surface area contributed by atoms with E-state index in [1.807, 2.05) is 0 Å². The zero-order valence-corrected chi connectivity index (χ0v) is 12.0. The van der Waals surface area contributed by atoms with E-state index in [0.29, 0.717) is 23.5 Å². The van der Waals surface area contributed by atoms with Crippen molar-refractivity contribution in [3.63, 3.8) is 0 Å². The number of carbonyl (C=O) groups excluding carboxylic acids is 1. The summed E-state index contributed by atoms with van der Waals surface area (Å²) in [6.07, 6.45) is 3.59. The van der Waals surface area contributed by atoms with Crippen molar-refractivity contribution in [2.45, 2.75) is 38.7 Å². The van der Waals surface area contributed by atoms with Crippen LogP contribution >= 0.6 is 0 Å². The van der Waals surface area contributed by atoms with E-state index in [1.54, 1.807) is 13.0 Å². The molecule has 0 saturated carbocycles. The highest BCUT2D eigenvalue weighted by molar-refractivity contribution is 5.85. The SMILES string of the molecule is Cc1nc2c(cc1N=C(N)N=C=O)CCCCC2O[N+](=O)[O-]. The second-order valence-corrected chi connectivity index (χ2v) is 4.87. The Bertz CT molecular complexity index is 667. The van der Waals surface area contributed by atoms with Crippen molar-refractivity contribution in [1.82, 2.24) is 4.98 Å². The van der Waals surface area contributed by atoms with Crippen LogP contribution in [0.25, 0.3) is 0 Å². The maximum atomic E-state index is 10.6. The van der Waals surface area contributed by atoms with Gasteiger partial charge in [-0.2, -0.15) is 0 Å². The van der Waals surface area contributed by atoms with Gasteiger partial charge < -0.3 is 10.6 Å². The van der Waals surface area contributed by atoms with Gasteiger partial charge in [-0.3, -0.25) is 4.98 Å². The first-order chi connectivity index (χ1) is 10.5. The number of aromatic nitrogens is 1. The van der Waals surface area contributed by atoms with Crippen LogP contribution in [0.5, 0.6) is 0 Å². The topological polar surface area (TPSA) is 133 Å². The van der Waals surface area contributed by atoms with Crippen molar-refractivity contribution >= 4 is 17.7 Å². The molecular formula is C13H15N5O4. The van der Waals surface area contributed by atoms with E-state index in [9.17, 15) is 14.9 Å². The molecular weight excluding hydrogens is 290 g/mol. The van der Waals surface area contributed by atoms with Crippen LogP contribution in [0.1, 0.15) is 42.3 Å². The van der Waals surface area contributed by atoms with Crippen LogP contribution in [0.3, 0.4) is 0 Å². The number of hydrogen-bond donors (Lipinski definition) is 1. The smallest absolute Gasteiger partial charge is 0.295 e. The normalized spacial score (nSPS) is 17.9. The molecule has 1 heterocycles. The average Bonchev–Trinajstić information content (AvgIpc) is 2.62. The summed E-state index contributed by atoms with van der Waals surface area (Å²) < 4.78 is 0. The minimum atomic E-state index is -0.792. The number of nitrogens with zero attached hydrogens (tertiary/aromatic N) is 4. The molecule has 0 radical (unpaired) electrons. The Morgan fingerprint density at radius 1 is 1.59 bits per heavy atom. The summed E-state index contributed by atoms with van der Waals surface area (Å²) in [4.78, 5) is 37.2. The van der Waals surface area contributed by atoms with E-state index in [4.69, 9.17) is 10.6 Å². The third-order valence-corrected chi connectivity index (χ3v) is 3.37. The quantitative estimate of drug-likeness (QED) is 0.225. The first kappa shape index (κ1) is 15.6. The molecule has 2 N–H and O–H groups in total. The van der Waals surface area contributed by atoms with Crippen LogP contribution in [0.15, 0.2) is 16.1 Å². The number of isocyanates is 1. The lowest BCUT2D eigenvalue weighted by atomic mass is 10.1. The molecule has 0 aliphatic heterocycles. The highest BCUT2D eigenvalue weighted by Gasteiger charge is 2.24. The zero-order valence-electron chi connectivity index (χ0n) is 12.0. The van der Waals surface area contributed by atoms with Gasteiger partial charge in [0.1, 0.15) is 6.10 Å². The van der Waals surface area contributed by atoms with Gasteiger partial charge >= 0.3 is 0 Å². The lowest BCUT2D eigenvalue weighted by molar-refractivity contribution is -0.771. The molecule has 0 amide bonds. The van der Waals surface area contributed by atoms with Gasteiger partial charge in [-0.1, -0.05) is 6.42 Å². The van der Waals surface area contributed by atoms with Gasteiger partial charge in [-0.25, -0.2) is 9.79 Å². The maximum absolute atomic E-state index is 10.6. The molecule has 1 atom stereocenters. The Balaban J connectivity index is 2.44. The molecule has 1 aliphatic rings. The number of rotatable bonds is 3. The summed E-state index contributed by atoms with van der Waals surface area (Å²) in [5, 5.41) is 9.84. The number of guanidine groups is 1. The maximum Gasteiger partial charge on any atom is 0.295 e. The summed E-state index contributed by atoms with van der Waals surface area (Å²) in [6, 6.07) is 1.76. The Kier molecular flexibility index (Phi) is 4.80. The van der Waals surface area contributed by atoms with Crippen LogP contribution in [-0.4, -0.2) is 22.1 Å². The molecule has 0 spiro atoms. The fraction of sp³-hybridized carbons (Fsp3) is 0.462. The number of pyridine rings is 1. The van der Waals surface area contributed by atoms with E-state index in [0.717, 1.165) is 24.8 Å². The predicted octanol–water partition coefficient (Wildman–Crippen LogP) is 1.65. The Labute approximate surface area is 126 Å². The van der Waals surface area contributed by atoms with Gasteiger partial charge in [-0.05, 0) is 37.8 Å². The van der Waals surface area contributed by atoms with Crippen molar-refractivity contribution in [1.29, 1.82) is 0 Å². The zero-order chi connectivity index (χ0) is 16.1. The molecule has 0 aromatic carbocycles. The van der Waals surface area contributed by atoms with Gasteiger partial charge in [0.05, 0.1) is 17.1 Å². The molecule has 116 valence electrons. The van der Waals surface area contributed by atoms with Crippen LogP contribution in [0.4, 0.5) is 5.69 Å². The van der Waals surface area contributed by atoms with E-state index in [2.05, 4.69) is 15.0 Å². The number of hydrogen-bond acceptors (Lipinski definition) is 6. The molecule has 1 aliphatic carbocycles. The highest BCUT2D eigenvalue weighted by atomic mass is 17.0. The van der Waals surface area contributed by atoms with Crippen molar-refractivity contribution < 1.29 is 14.7 Å². The molecule has 22 heavy (non-hydrogen) atoms. The van der Waals surface area contributed by atoms with Crippen molar-refractivity contribution in [3.05, 3.63) is 33.1 Å². The summed E-state index contributed by atoms with van der Waals surface area (Å²) in [5.74, 6) is -0.216. The second kappa shape index (κ2) is 6.77. The minimum absolute atomic E-state index is 0.216. The third-order valence-electron chi connectivity index (χ3n) is 3.37. The van der Waals surface area contributed by atoms with Crippen LogP contribution in [0.2, 0.25) is 0 Å². The number of nitrogens with two attached hydrogens (primary N) is 1. The second-order valence-electron chi connectivity index (χ2n) is 4.87. The monoisotopic (exact) mass is 305 g/mol. The van der Waals surface area contributed by atoms with Gasteiger partial charge in [0.15, 0.2) is 0 Å². The molecule has 1 aromatic heterocycles. The van der Waals surface area contributed by atoms with Gasteiger partial charge in [0.25, 0.3) is 5.09 Å². The number of aryl methyl sites for hydroxylation is 2. The summed E-state index contributed by atoms with van der Waals surface area (Å²) >= 11 is 0. The van der Waals surface area contributed by atoms with E-state index >= 15 is 0 Å². The first-order valence-corrected chi connectivity index (χ1v) is 6.75. The largest absolute Gasteiger partial charge is 0.367 e. The first-order valence-electron chi connectivity index (χ1n) is 6.75. The van der Waals surface area contributed by atoms with Crippen LogP contribution < -0.4 is 5.73 Å². The molecule has 1 unspecified atom stereocenters. The van der Waals surface area contributed by atoms with Gasteiger partial charge in [0, 0.05) is 0 Å².